The molecule has 0 aliphatic heterocycles. The summed E-state index contributed by atoms with van der Waals surface area (Å²) in [5.74, 6) is 2.86. The number of guanidine groups is 1. The summed E-state index contributed by atoms with van der Waals surface area (Å²) in [6.45, 7) is 4.26. The second-order valence-corrected chi connectivity index (χ2v) is 6.50. The van der Waals surface area contributed by atoms with Gasteiger partial charge in [0.2, 0.25) is 0 Å². The van der Waals surface area contributed by atoms with Crippen molar-refractivity contribution in [2.75, 3.05) is 34.4 Å². The molecule has 0 atom stereocenters. The minimum atomic E-state index is 0. The van der Waals surface area contributed by atoms with Crippen molar-refractivity contribution >= 4 is 29.9 Å². The first-order valence-electron chi connectivity index (χ1n) is 9.70. The van der Waals surface area contributed by atoms with E-state index in [2.05, 4.69) is 23.6 Å². The summed E-state index contributed by atoms with van der Waals surface area (Å²) in [6, 6.07) is 3.75. The van der Waals surface area contributed by atoms with Crippen molar-refractivity contribution < 1.29 is 14.2 Å². The van der Waals surface area contributed by atoms with Gasteiger partial charge < -0.3 is 24.8 Å². The lowest BCUT2D eigenvalue weighted by atomic mass is 9.97. The molecule has 2 N–H and O–H groups in total. The van der Waals surface area contributed by atoms with E-state index in [0.717, 1.165) is 36.8 Å². The number of benzene rings is 1. The van der Waals surface area contributed by atoms with Gasteiger partial charge in [-0.1, -0.05) is 11.6 Å². The van der Waals surface area contributed by atoms with Gasteiger partial charge in [-0.2, -0.15) is 0 Å². The van der Waals surface area contributed by atoms with Crippen molar-refractivity contribution in [2.24, 2.45) is 4.99 Å². The maximum absolute atomic E-state index is 5.49. The van der Waals surface area contributed by atoms with Gasteiger partial charge in [-0.3, -0.25) is 0 Å². The van der Waals surface area contributed by atoms with Gasteiger partial charge in [0.1, 0.15) is 5.75 Å². The lowest BCUT2D eigenvalue weighted by Crippen LogP contribution is -2.37. The number of nitrogens with one attached hydrogen (secondary N) is 2. The van der Waals surface area contributed by atoms with Crippen LogP contribution in [0, 0.1) is 0 Å². The average molecular weight is 503 g/mol. The second kappa shape index (κ2) is 13.5. The molecule has 0 saturated heterocycles. The molecule has 0 fully saturated rings. The third-order valence-corrected chi connectivity index (χ3v) is 4.66. The molecule has 0 bridgehead atoms. The highest BCUT2D eigenvalue weighted by atomic mass is 127. The van der Waals surface area contributed by atoms with Gasteiger partial charge in [-0.25, -0.2) is 4.99 Å². The van der Waals surface area contributed by atoms with E-state index in [0.29, 0.717) is 18.0 Å². The molecule has 6 nitrogen and oxygen atoms in total. The summed E-state index contributed by atoms with van der Waals surface area (Å²) in [7, 11) is 4.89. The first kappa shape index (κ1) is 24.4. The number of halogens is 1. The third kappa shape index (κ3) is 7.41. The Kier molecular flexibility index (Phi) is 11.8. The monoisotopic (exact) mass is 503 g/mol. The molecule has 1 aliphatic carbocycles. The highest BCUT2D eigenvalue weighted by molar-refractivity contribution is 14.0. The first-order chi connectivity index (χ1) is 13.2. The first-order valence-corrected chi connectivity index (χ1v) is 9.70. The molecule has 0 heterocycles. The molecule has 0 radical (unpaired) electrons. The molecule has 0 saturated carbocycles. The number of nitrogens with zero attached hydrogens (tertiary/aromatic N) is 1. The van der Waals surface area contributed by atoms with E-state index in [-0.39, 0.29) is 24.0 Å². The van der Waals surface area contributed by atoms with Crippen LogP contribution in [-0.2, 0) is 6.54 Å². The molecular weight excluding hydrogens is 469 g/mol. The Hall–Kier alpha value is -1.64. The van der Waals surface area contributed by atoms with Crippen LogP contribution in [0.3, 0.4) is 0 Å². The van der Waals surface area contributed by atoms with Crippen LogP contribution in [0.2, 0.25) is 0 Å². The Labute approximate surface area is 186 Å². The minimum absolute atomic E-state index is 0. The maximum Gasteiger partial charge on any atom is 0.191 e. The Bertz CT molecular complexity index is 663. The summed E-state index contributed by atoms with van der Waals surface area (Å²) in [6.07, 6.45) is 8.57. The Morgan fingerprint density at radius 2 is 1.71 bits per heavy atom. The van der Waals surface area contributed by atoms with Gasteiger partial charge >= 0.3 is 0 Å². The summed E-state index contributed by atoms with van der Waals surface area (Å²) in [4.78, 5) is 4.70. The lowest BCUT2D eigenvalue weighted by Gasteiger charge is -2.16. The molecule has 2 rings (SSSR count). The fourth-order valence-corrected chi connectivity index (χ4v) is 3.20. The number of rotatable bonds is 9. The number of hydrogen-bond donors (Lipinski definition) is 2. The standard InChI is InChI=1S/C21H33N3O3.HI/c1-5-22-21(23-12-11-16-9-7-6-8-10-16)24-15-17-13-19(26-3)20(27-4)14-18(17)25-2;/h9,13-14H,5-8,10-12,15H2,1-4H3,(H2,22,23,24);1H. The number of methoxy groups -OCH3 is 3. The largest absolute Gasteiger partial charge is 0.496 e. The highest BCUT2D eigenvalue weighted by Crippen LogP contribution is 2.34. The van der Waals surface area contributed by atoms with Crippen LogP contribution in [0.1, 0.15) is 44.6 Å². The molecule has 158 valence electrons. The predicted octanol–water partition coefficient (Wildman–Crippen LogP) is 4.28. The van der Waals surface area contributed by atoms with E-state index in [9.17, 15) is 0 Å². The van der Waals surface area contributed by atoms with E-state index in [4.69, 9.17) is 19.2 Å². The van der Waals surface area contributed by atoms with Crippen LogP contribution in [0.4, 0.5) is 0 Å². The molecule has 0 aromatic heterocycles. The van der Waals surface area contributed by atoms with Crippen LogP contribution in [0.5, 0.6) is 17.2 Å². The topological polar surface area (TPSA) is 64.1 Å². The normalized spacial score (nSPS) is 13.9. The Balaban J connectivity index is 0.00000392. The summed E-state index contributed by atoms with van der Waals surface area (Å²) in [5.41, 5.74) is 2.51. The van der Waals surface area contributed by atoms with E-state index in [1.165, 1.54) is 25.7 Å². The van der Waals surface area contributed by atoms with Gasteiger partial charge in [-0.05, 0) is 45.1 Å². The number of allylic oxidation sites excluding steroid dienone is 1. The molecule has 1 aliphatic rings. The zero-order chi connectivity index (χ0) is 19.5. The zero-order valence-electron chi connectivity index (χ0n) is 17.5. The molecule has 1 aromatic carbocycles. The predicted molar refractivity (Wildman–Crippen MR) is 125 cm³/mol. The second-order valence-electron chi connectivity index (χ2n) is 6.50. The number of aliphatic imine (C=N–C) groups is 1. The minimum Gasteiger partial charge on any atom is -0.496 e. The van der Waals surface area contributed by atoms with Crippen molar-refractivity contribution in [1.82, 2.24) is 10.6 Å². The van der Waals surface area contributed by atoms with E-state index < -0.39 is 0 Å². The van der Waals surface area contributed by atoms with Crippen molar-refractivity contribution in [1.29, 1.82) is 0 Å². The lowest BCUT2D eigenvalue weighted by molar-refractivity contribution is 0.347. The maximum atomic E-state index is 5.49. The molecule has 0 spiro atoms. The van der Waals surface area contributed by atoms with Gasteiger partial charge in [-0.15, -0.1) is 24.0 Å². The van der Waals surface area contributed by atoms with Gasteiger partial charge in [0.15, 0.2) is 17.5 Å². The number of hydrogen-bond acceptors (Lipinski definition) is 4. The summed E-state index contributed by atoms with van der Waals surface area (Å²) >= 11 is 0. The molecule has 1 aromatic rings. The zero-order valence-corrected chi connectivity index (χ0v) is 19.8. The van der Waals surface area contributed by atoms with Crippen molar-refractivity contribution in [3.8, 4) is 17.2 Å². The van der Waals surface area contributed by atoms with Crippen LogP contribution < -0.4 is 24.8 Å². The van der Waals surface area contributed by atoms with Gasteiger partial charge in [0.05, 0.1) is 27.9 Å². The highest BCUT2D eigenvalue weighted by Gasteiger charge is 2.12. The van der Waals surface area contributed by atoms with Crippen LogP contribution in [0.25, 0.3) is 0 Å². The fourth-order valence-electron chi connectivity index (χ4n) is 3.20. The van der Waals surface area contributed by atoms with Gasteiger partial charge in [0, 0.05) is 24.7 Å². The molecular formula is C21H34IN3O3. The van der Waals surface area contributed by atoms with Crippen LogP contribution in [0.15, 0.2) is 28.8 Å². The van der Waals surface area contributed by atoms with Crippen molar-refractivity contribution in [3.63, 3.8) is 0 Å². The number of ether oxygens (including phenoxy) is 3. The third-order valence-electron chi connectivity index (χ3n) is 4.66. The smallest absolute Gasteiger partial charge is 0.191 e. The Morgan fingerprint density at radius 3 is 2.32 bits per heavy atom. The van der Waals surface area contributed by atoms with Crippen LogP contribution in [-0.4, -0.2) is 40.4 Å². The SMILES string of the molecule is CCNC(=NCc1cc(OC)c(OC)cc1OC)NCCC1=CCCCC1.I. The summed E-state index contributed by atoms with van der Waals surface area (Å²) in [5, 5.41) is 6.73. The average Bonchev–Trinajstić information content (AvgIpc) is 2.72. The van der Waals surface area contributed by atoms with E-state index >= 15 is 0 Å². The molecule has 7 heteroatoms. The van der Waals surface area contributed by atoms with Crippen molar-refractivity contribution in [3.05, 3.63) is 29.3 Å². The van der Waals surface area contributed by atoms with Crippen LogP contribution >= 0.6 is 24.0 Å². The van der Waals surface area contributed by atoms with E-state index in [1.807, 2.05) is 12.1 Å². The quantitative estimate of drug-likeness (QED) is 0.228. The van der Waals surface area contributed by atoms with Crippen molar-refractivity contribution in [2.45, 2.75) is 45.6 Å². The Morgan fingerprint density at radius 1 is 1.00 bits per heavy atom. The summed E-state index contributed by atoms with van der Waals surface area (Å²) < 4.78 is 16.2. The fraction of sp³-hybridized carbons (Fsp3) is 0.571. The molecule has 28 heavy (non-hydrogen) atoms. The molecule has 0 unspecified atom stereocenters. The van der Waals surface area contributed by atoms with Gasteiger partial charge in [0.25, 0.3) is 0 Å². The molecule has 0 amide bonds. The van der Waals surface area contributed by atoms with E-state index in [1.54, 1.807) is 26.9 Å².